The van der Waals surface area contributed by atoms with E-state index in [2.05, 4.69) is 15.3 Å². The fourth-order valence-corrected chi connectivity index (χ4v) is 3.01. The molecule has 140 valence electrons. The lowest BCUT2D eigenvalue weighted by Crippen LogP contribution is -2.22. The number of benzene rings is 2. The zero-order chi connectivity index (χ0) is 19.5. The number of ether oxygens (including phenoxy) is 1. The Morgan fingerprint density at radius 1 is 1.18 bits per heavy atom. The lowest BCUT2D eigenvalue weighted by atomic mass is 10.1. The van der Waals surface area contributed by atoms with E-state index in [0.717, 1.165) is 11.1 Å². The van der Waals surface area contributed by atoms with Crippen LogP contribution in [0.4, 0.5) is 0 Å². The normalized spacial score (nSPS) is 10.8. The molecule has 4 aromatic rings. The Hall–Kier alpha value is -3.38. The molecule has 0 aliphatic heterocycles. The Bertz CT molecular complexity index is 1110. The summed E-state index contributed by atoms with van der Waals surface area (Å²) in [5.74, 6) is 0.832. The number of carbonyl (C=O) groups excluding carboxylic acids is 1. The van der Waals surface area contributed by atoms with Crippen LogP contribution in [0.25, 0.3) is 22.7 Å². The molecule has 2 aromatic carbocycles. The van der Waals surface area contributed by atoms with Crippen LogP contribution in [0, 0.1) is 0 Å². The van der Waals surface area contributed by atoms with Gasteiger partial charge < -0.3 is 14.5 Å². The van der Waals surface area contributed by atoms with Gasteiger partial charge in [0.2, 0.25) is 5.89 Å². The Kier molecular flexibility index (Phi) is 4.95. The molecule has 2 aromatic heterocycles. The van der Waals surface area contributed by atoms with Gasteiger partial charge in [-0.05, 0) is 48.0 Å². The minimum atomic E-state index is -0.210. The van der Waals surface area contributed by atoms with E-state index in [9.17, 15) is 4.79 Å². The monoisotopic (exact) mass is 393 g/mol. The zero-order valence-electron chi connectivity index (χ0n) is 15.0. The molecule has 0 aliphatic rings. The largest absolute Gasteiger partial charge is 0.495 e. The predicted molar refractivity (Wildman–Crippen MR) is 106 cm³/mol. The highest BCUT2D eigenvalue weighted by Crippen LogP contribution is 2.25. The number of carbonyl (C=O) groups is 1. The molecule has 28 heavy (non-hydrogen) atoms. The molecule has 1 amide bonds. The molecule has 1 N–H and O–H groups in total. The lowest BCUT2D eigenvalue weighted by molar-refractivity contribution is 0.0951. The second-order valence-corrected chi connectivity index (χ2v) is 6.48. The number of fused-ring (bicyclic) bond motifs is 1. The number of methoxy groups -OCH3 is 1. The number of rotatable bonds is 5. The highest BCUT2D eigenvalue weighted by atomic mass is 35.5. The SMILES string of the molecule is COc1ccc(C(=O)NCc2ccc(-c3nc4ncccc4o3)cc2)cc1Cl. The van der Waals surface area contributed by atoms with Gasteiger partial charge in [-0.2, -0.15) is 4.98 Å². The van der Waals surface area contributed by atoms with Gasteiger partial charge in [0.15, 0.2) is 11.2 Å². The number of oxazole rings is 1. The maximum absolute atomic E-state index is 12.3. The minimum Gasteiger partial charge on any atom is -0.495 e. The lowest BCUT2D eigenvalue weighted by Gasteiger charge is -2.08. The topological polar surface area (TPSA) is 77.2 Å². The molecule has 0 radical (unpaired) electrons. The van der Waals surface area contributed by atoms with Gasteiger partial charge >= 0.3 is 0 Å². The van der Waals surface area contributed by atoms with Crippen LogP contribution >= 0.6 is 11.6 Å². The fraction of sp³-hybridized carbons (Fsp3) is 0.0952. The number of halogens is 1. The van der Waals surface area contributed by atoms with Crippen LogP contribution in [0.15, 0.2) is 65.2 Å². The van der Waals surface area contributed by atoms with E-state index in [0.29, 0.717) is 40.0 Å². The van der Waals surface area contributed by atoms with E-state index in [4.69, 9.17) is 20.8 Å². The number of hydrogen-bond donors (Lipinski definition) is 1. The summed E-state index contributed by atoms with van der Waals surface area (Å²) in [5.41, 5.74) is 3.49. The summed E-state index contributed by atoms with van der Waals surface area (Å²) in [5, 5.41) is 3.27. The second kappa shape index (κ2) is 7.70. The molecule has 6 nitrogen and oxygen atoms in total. The predicted octanol–water partition coefficient (Wildman–Crippen LogP) is 4.48. The third-order valence-corrected chi connectivity index (χ3v) is 4.53. The molecule has 0 bridgehead atoms. The van der Waals surface area contributed by atoms with Crippen molar-refractivity contribution in [2.75, 3.05) is 7.11 Å². The minimum absolute atomic E-state index is 0.210. The van der Waals surface area contributed by atoms with Crippen LogP contribution in [0.3, 0.4) is 0 Å². The molecule has 0 saturated carbocycles. The zero-order valence-corrected chi connectivity index (χ0v) is 15.7. The summed E-state index contributed by atoms with van der Waals surface area (Å²) in [6.07, 6.45) is 1.68. The van der Waals surface area contributed by atoms with Crippen LogP contribution in [-0.2, 0) is 6.54 Å². The first-order chi connectivity index (χ1) is 13.6. The van der Waals surface area contributed by atoms with Crippen molar-refractivity contribution in [1.29, 1.82) is 0 Å². The van der Waals surface area contributed by atoms with Gasteiger partial charge in [-0.3, -0.25) is 4.79 Å². The molecule has 0 spiro atoms. The van der Waals surface area contributed by atoms with E-state index in [1.54, 1.807) is 30.5 Å². The van der Waals surface area contributed by atoms with E-state index in [1.165, 1.54) is 7.11 Å². The van der Waals surface area contributed by atoms with Crippen LogP contribution in [-0.4, -0.2) is 23.0 Å². The van der Waals surface area contributed by atoms with Crippen LogP contribution in [0.2, 0.25) is 5.02 Å². The molecule has 0 aliphatic carbocycles. The molecule has 0 fully saturated rings. The summed E-state index contributed by atoms with van der Waals surface area (Å²) < 4.78 is 10.8. The molecule has 0 unspecified atom stereocenters. The summed E-state index contributed by atoms with van der Waals surface area (Å²) in [6.45, 7) is 0.387. The Morgan fingerprint density at radius 3 is 2.71 bits per heavy atom. The second-order valence-electron chi connectivity index (χ2n) is 6.07. The van der Waals surface area contributed by atoms with Gasteiger partial charge in [0.1, 0.15) is 5.75 Å². The number of pyridine rings is 1. The Balaban J connectivity index is 1.43. The molecule has 4 rings (SSSR count). The average molecular weight is 394 g/mol. The van der Waals surface area contributed by atoms with E-state index in [-0.39, 0.29) is 5.91 Å². The summed E-state index contributed by atoms with van der Waals surface area (Å²) in [6, 6.07) is 16.2. The smallest absolute Gasteiger partial charge is 0.251 e. The standard InChI is InChI=1S/C21H16ClN3O3/c1-27-17-9-8-15(11-16(17)22)20(26)24-12-13-4-6-14(7-5-13)21-25-19-18(28-21)3-2-10-23-19/h2-11H,12H2,1H3,(H,24,26). The first-order valence-corrected chi connectivity index (χ1v) is 8.94. The number of amides is 1. The third-order valence-electron chi connectivity index (χ3n) is 4.23. The fourth-order valence-electron chi connectivity index (χ4n) is 2.75. The van der Waals surface area contributed by atoms with Crippen LogP contribution in [0.1, 0.15) is 15.9 Å². The van der Waals surface area contributed by atoms with Crippen LogP contribution < -0.4 is 10.1 Å². The van der Waals surface area contributed by atoms with Crippen molar-refractivity contribution < 1.29 is 13.9 Å². The van der Waals surface area contributed by atoms with Gasteiger partial charge in [-0.1, -0.05) is 23.7 Å². The van der Waals surface area contributed by atoms with Crippen molar-refractivity contribution in [2.24, 2.45) is 0 Å². The molecule has 0 atom stereocenters. The van der Waals surface area contributed by atoms with Crippen molar-refractivity contribution >= 4 is 28.7 Å². The highest BCUT2D eigenvalue weighted by molar-refractivity contribution is 6.32. The maximum Gasteiger partial charge on any atom is 0.251 e. The van der Waals surface area contributed by atoms with Crippen LogP contribution in [0.5, 0.6) is 5.75 Å². The maximum atomic E-state index is 12.3. The van der Waals surface area contributed by atoms with Gasteiger partial charge in [-0.15, -0.1) is 0 Å². The Labute approximate surface area is 166 Å². The van der Waals surface area contributed by atoms with E-state index < -0.39 is 0 Å². The highest BCUT2D eigenvalue weighted by Gasteiger charge is 2.10. The summed E-state index contributed by atoms with van der Waals surface area (Å²) in [4.78, 5) is 20.9. The van der Waals surface area contributed by atoms with Gasteiger partial charge in [-0.25, -0.2) is 4.98 Å². The molecule has 2 heterocycles. The van der Waals surface area contributed by atoms with Gasteiger partial charge in [0.25, 0.3) is 5.91 Å². The number of nitrogens with zero attached hydrogens (tertiary/aromatic N) is 2. The van der Waals surface area contributed by atoms with E-state index >= 15 is 0 Å². The third kappa shape index (κ3) is 3.68. The van der Waals surface area contributed by atoms with E-state index in [1.807, 2.05) is 30.3 Å². The van der Waals surface area contributed by atoms with Crippen molar-refractivity contribution in [1.82, 2.24) is 15.3 Å². The van der Waals surface area contributed by atoms with Gasteiger partial charge in [0, 0.05) is 23.9 Å². The summed E-state index contributed by atoms with van der Waals surface area (Å²) in [7, 11) is 1.53. The first-order valence-electron chi connectivity index (χ1n) is 8.56. The molecule has 7 heteroatoms. The van der Waals surface area contributed by atoms with Gasteiger partial charge in [0.05, 0.1) is 12.1 Å². The molecular weight excluding hydrogens is 378 g/mol. The quantitative estimate of drug-likeness (QED) is 0.540. The van der Waals surface area contributed by atoms with Crippen molar-refractivity contribution in [2.45, 2.75) is 6.54 Å². The average Bonchev–Trinajstić information content (AvgIpc) is 3.16. The molecular formula is C21H16ClN3O3. The number of hydrogen-bond acceptors (Lipinski definition) is 5. The molecule has 0 saturated heterocycles. The number of nitrogens with one attached hydrogen (secondary N) is 1. The first kappa shape index (κ1) is 18.0. The summed E-state index contributed by atoms with van der Waals surface area (Å²) >= 11 is 6.07. The van der Waals surface area contributed by atoms with Crippen molar-refractivity contribution in [3.63, 3.8) is 0 Å². The number of aromatic nitrogens is 2. The van der Waals surface area contributed by atoms with Crippen molar-refractivity contribution in [3.8, 4) is 17.2 Å². The van der Waals surface area contributed by atoms with Crippen molar-refractivity contribution in [3.05, 3.63) is 76.9 Å². The Morgan fingerprint density at radius 2 is 2.00 bits per heavy atom.